The van der Waals surface area contributed by atoms with E-state index >= 15 is 0 Å². The van der Waals surface area contributed by atoms with Crippen LogP contribution in [0.2, 0.25) is 0 Å². The molecule has 0 saturated heterocycles. The molecule has 0 atom stereocenters. The minimum absolute atomic E-state index is 0.0456. The molecule has 0 aliphatic rings. The lowest BCUT2D eigenvalue weighted by Crippen LogP contribution is -2.87. The average Bonchev–Trinajstić information content (AvgIpc) is 2.63. The first-order valence-electron chi connectivity index (χ1n) is 8.36. The number of nitrogens with two attached hydrogens (primary N) is 1. The zero-order valence-electron chi connectivity index (χ0n) is 15.1. The highest BCUT2D eigenvalue weighted by molar-refractivity contribution is 5.84. The van der Waals surface area contributed by atoms with Crippen LogP contribution in [0, 0.1) is 0 Å². The highest BCUT2D eigenvalue weighted by Gasteiger charge is 2.21. The zero-order chi connectivity index (χ0) is 18.2. The van der Waals surface area contributed by atoms with Crippen molar-refractivity contribution in [3.63, 3.8) is 0 Å². The Labute approximate surface area is 149 Å². The number of quaternary nitrogens is 1. The van der Waals surface area contributed by atoms with Crippen molar-refractivity contribution in [2.24, 2.45) is 0 Å². The number of carbonyl (C=O) groups is 2. The van der Waals surface area contributed by atoms with E-state index in [4.69, 9.17) is 0 Å². The highest BCUT2D eigenvalue weighted by atomic mass is 16.2. The van der Waals surface area contributed by atoms with Crippen molar-refractivity contribution in [3.05, 3.63) is 71.8 Å². The normalized spacial score (nSPS) is 10.6. The van der Waals surface area contributed by atoms with Gasteiger partial charge in [-0.3, -0.25) is 9.59 Å². The van der Waals surface area contributed by atoms with E-state index in [0.717, 1.165) is 11.1 Å². The smallest absolute Gasteiger partial charge is 0.277 e. The molecule has 2 rings (SSSR count). The van der Waals surface area contributed by atoms with Crippen LogP contribution in [-0.4, -0.2) is 55.8 Å². The lowest BCUT2D eigenvalue weighted by molar-refractivity contribution is -0.677. The summed E-state index contributed by atoms with van der Waals surface area (Å²) in [5.74, 6) is -0.148. The second-order valence-corrected chi connectivity index (χ2v) is 6.28. The summed E-state index contributed by atoms with van der Waals surface area (Å²) in [6.45, 7) is 0.382. The molecule has 132 valence electrons. The fourth-order valence-corrected chi connectivity index (χ4v) is 2.59. The van der Waals surface area contributed by atoms with Crippen LogP contribution in [0.5, 0.6) is 0 Å². The van der Waals surface area contributed by atoms with Gasteiger partial charge in [-0.05, 0) is 0 Å². The first-order valence-corrected chi connectivity index (χ1v) is 8.36. The molecule has 2 aromatic carbocycles. The van der Waals surface area contributed by atoms with E-state index in [2.05, 4.69) is 24.3 Å². The van der Waals surface area contributed by atoms with Gasteiger partial charge >= 0.3 is 0 Å². The van der Waals surface area contributed by atoms with Gasteiger partial charge in [0.25, 0.3) is 5.91 Å². The number of rotatable bonds is 7. The van der Waals surface area contributed by atoms with E-state index in [1.165, 1.54) is 9.80 Å². The molecule has 0 aliphatic heterocycles. The quantitative estimate of drug-likeness (QED) is 0.814. The zero-order valence-corrected chi connectivity index (χ0v) is 15.1. The third-order valence-electron chi connectivity index (χ3n) is 4.14. The molecule has 0 aliphatic carbocycles. The topological polar surface area (TPSA) is 57.2 Å². The molecular weight excluding hydrogens is 314 g/mol. The van der Waals surface area contributed by atoms with Gasteiger partial charge in [-0.2, -0.15) is 0 Å². The molecule has 2 amide bonds. The van der Waals surface area contributed by atoms with Gasteiger partial charge in [0.2, 0.25) is 5.91 Å². The third-order valence-corrected chi connectivity index (χ3v) is 4.14. The Hall–Kier alpha value is -2.66. The Kier molecular flexibility index (Phi) is 6.71. The van der Waals surface area contributed by atoms with Crippen molar-refractivity contribution in [1.29, 1.82) is 0 Å². The number of hydrogen-bond donors (Lipinski definition) is 1. The standard InChI is InChI=1S/C20H25N3O2/c1-22(2)19(25)15-23(3)18(24)14-21-20(16-10-6-4-7-11-16)17-12-8-5-9-13-17/h4-13,20-21H,14-15H2,1-3H3/p+1. The van der Waals surface area contributed by atoms with E-state index in [-0.39, 0.29) is 30.9 Å². The van der Waals surface area contributed by atoms with Gasteiger partial charge in [0.1, 0.15) is 6.04 Å². The predicted molar refractivity (Wildman–Crippen MR) is 97.9 cm³/mol. The van der Waals surface area contributed by atoms with Crippen molar-refractivity contribution in [3.8, 4) is 0 Å². The molecule has 5 nitrogen and oxygen atoms in total. The lowest BCUT2D eigenvalue weighted by Gasteiger charge is -2.21. The Balaban J connectivity index is 2.05. The molecule has 0 bridgehead atoms. The van der Waals surface area contributed by atoms with Crippen molar-refractivity contribution < 1.29 is 14.9 Å². The van der Waals surface area contributed by atoms with E-state index in [0.29, 0.717) is 0 Å². The molecule has 0 unspecified atom stereocenters. The summed E-state index contributed by atoms with van der Waals surface area (Å²) in [5, 5.41) is 2.02. The summed E-state index contributed by atoms with van der Waals surface area (Å²) in [7, 11) is 5.04. The predicted octanol–water partition coefficient (Wildman–Crippen LogP) is 0.886. The number of benzene rings is 2. The van der Waals surface area contributed by atoms with Crippen molar-refractivity contribution in [2.45, 2.75) is 6.04 Å². The maximum atomic E-state index is 12.4. The molecule has 0 fully saturated rings. The van der Waals surface area contributed by atoms with Crippen LogP contribution in [0.1, 0.15) is 17.2 Å². The van der Waals surface area contributed by atoms with Gasteiger partial charge < -0.3 is 15.1 Å². The van der Waals surface area contributed by atoms with E-state index in [1.54, 1.807) is 21.1 Å². The molecule has 25 heavy (non-hydrogen) atoms. The van der Waals surface area contributed by atoms with Crippen LogP contribution in [0.3, 0.4) is 0 Å². The highest BCUT2D eigenvalue weighted by Crippen LogP contribution is 2.17. The maximum absolute atomic E-state index is 12.4. The molecule has 5 heteroatoms. The Bertz CT molecular complexity index is 647. The summed E-state index contributed by atoms with van der Waals surface area (Å²) < 4.78 is 0. The second kappa shape index (κ2) is 8.99. The van der Waals surface area contributed by atoms with Crippen molar-refractivity contribution in [2.75, 3.05) is 34.2 Å². The van der Waals surface area contributed by atoms with E-state index in [1.807, 2.05) is 41.7 Å². The molecule has 0 heterocycles. The minimum Gasteiger partial charge on any atom is -0.347 e. The van der Waals surface area contributed by atoms with Crippen LogP contribution in [0.4, 0.5) is 0 Å². The Morgan fingerprint density at radius 2 is 1.32 bits per heavy atom. The fraction of sp³-hybridized carbons (Fsp3) is 0.300. The number of amides is 2. The van der Waals surface area contributed by atoms with Crippen LogP contribution >= 0.6 is 0 Å². The molecule has 0 saturated carbocycles. The fourth-order valence-electron chi connectivity index (χ4n) is 2.59. The van der Waals surface area contributed by atoms with Gasteiger partial charge in [0.15, 0.2) is 6.54 Å². The van der Waals surface area contributed by atoms with E-state index < -0.39 is 0 Å². The molecular formula is C20H26N3O2+. The van der Waals surface area contributed by atoms with Gasteiger partial charge in [0.05, 0.1) is 6.54 Å². The maximum Gasteiger partial charge on any atom is 0.277 e. The Morgan fingerprint density at radius 1 is 0.840 bits per heavy atom. The number of likely N-dealkylation sites (N-methyl/N-ethyl adjacent to an activating group) is 2. The summed E-state index contributed by atoms with van der Waals surface area (Å²) in [6, 6.07) is 20.3. The number of hydrogen-bond acceptors (Lipinski definition) is 2. The molecule has 2 N–H and O–H groups in total. The van der Waals surface area contributed by atoms with Crippen LogP contribution < -0.4 is 5.32 Å². The lowest BCUT2D eigenvalue weighted by atomic mass is 9.99. The number of carbonyl (C=O) groups excluding carboxylic acids is 2. The Morgan fingerprint density at radius 3 is 1.76 bits per heavy atom. The SMILES string of the molecule is CN(C)C(=O)CN(C)C(=O)C[NH2+]C(c1ccccc1)c1ccccc1. The monoisotopic (exact) mass is 340 g/mol. The first kappa shape index (κ1) is 18.7. The minimum atomic E-state index is -0.0847. The van der Waals surface area contributed by atoms with Gasteiger partial charge in [-0.1, -0.05) is 60.7 Å². The van der Waals surface area contributed by atoms with Crippen molar-refractivity contribution >= 4 is 11.8 Å². The molecule has 2 aromatic rings. The molecule has 0 radical (unpaired) electrons. The van der Waals surface area contributed by atoms with Crippen molar-refractivity contribution in [1.82, 2.24) is 9.80 Å². The molecule has 0 aromatic heterocycles. The summed E-state index contributed by atoms with van der Waals surface area (Å²) >= 11 is 0. The first-order chi connectivity index (χ1) is 12.0. The van der Waals surface area contributed by atoms with Gasteiger partial charge in [0, 0.05) is 32.3 Å². The summed E-state index contributed by atoms with van der Waals surface area (Å²) in [4.78, 5) is 27.1. The van der Waals surface area contributed by atoms with Crippen LogP contribution in [-0.2, 0) is 9.59 Å². The third kappa shape index (κ3) is 5.43. The van der Waals surface area contributed by atoms with Gasteiger partial charge in [-0.15, -0.1) is 0 Å². The summed E-state index contributed by atoms with van der Waals surface area (Å²) in [5.41, 5.74) is 2.29. The van der Waals surface area contributed by atoms with Crippen LogP contribution in [0.15, 0.2) is 60.7 Å². The number of nitrogens with zero attached hydrogens (tertiary/aromatic N) is 2. The van der Waals surface area contributed by atoms with E-state index in [9.17, 15) is 9.59 Å². The largest absolute Gasteiger partial charge is 0.347 e. The molecule has 0 spiro atoms. The summed E-state index contributed by atoms with van der Waals surface area (Å²) in [6.07, 6.45) is 0. The second-order valence-electron chi connectivity index (χ2n) is 6.28. The van der Waals surface area contributed by atoms with Gasteiger partial charge in [-0.25, -0.2) is 0 Å². The van der Waals surface area contributed by atoms with Crippen LogP contribution in [0.25, 0.3) is 0 Å². The average molecular weight is 340 g/mol.